The summed E-state index contributed by atoms with van der Waals surface area (Å²) in [6.45, 7) is 5.60. The highest BCUT2D eigenvalue weighted by molar-refractivity contribution is 7.89. The standard InChI is InChI=1S/C26H41N5O5S/c32-26(24-17-25(36-29-24)18-1-2-18)28-20-15-21-5-6-22(16-20)31(21)37(33,34)23-7-3-19(4-8-23)27-9-10-30-11-13-35-14-12-30/h17-23,27H,1-16H2,(H,28,32)/t19-,20-,21+,22-,23-. The Morgan fingerprint density at radius 3 is 2.35 bits per heavy atom. The van der Waals surface area contributed by atoms with Crippen LogP contribution in [0.3, 0.4) is 0 Å². The molecule has 0 radical (unpaired) electrons. The molecule has 2 bridgehead atoms. The first-order valence-corrected chi connectivity index (χ1v) is 15.8. The molecule has 1 amide bonds. The van der Waals surface area contributed by atoms with Gasteiger partial charge in [0.2, 0.25) is 10.0 Å². The lowest BCUT2D eigenvalue weighted by Crippen LogP contribution is -2.55. The highest BCUT2D eigenvalue weighted by Crippen LogP contribution is 2.42. The molecule has 3 atom stereocenters. The second-order valence-corrected chi connectivity index (χ2v) is 13.8. The maximum atomic E-state index is 13.7. The second-order valence-electron chi connectivity index (χ2n) is 11.7. The number of hydrogen-bond acceptors (Lipinski definition) is 8. The van der Waals surface area contributed by atoms with E-state index in [-0.39, 0.29) is 29.3 Å². The van der Waals surface area contributed by atoms with Gasteiger partial charge in [-0.3, -0.25) is 9.69 Å². The van der Waals surface area contributed by atoms with E-state index in [2.05, 4.69) is 20.7 Å². The van der Waals surface area contributed by atoms with E-state index in [0.29, 0.717) is 30.5 Å². The van der Waals surface area contributed by atoms with Gasteiger partial charge in [0.1, 0.15) is 5.76 Å². The molecule has 5 fully saturated rings. The van der Waals surface area contributed by atoms with Crippen LogP contribution in [0.15, 0.2) is 10.6 Å². The molecule has 0 spiro atoms. The highest BCUT2D eigenvalue weighted by atomic mass is 32.2. The lowest BCUT2D eigenvalue weighted by molar-refractivity contribution is 0.0380. The molecule has 3 aliphatic heterocycles. The Hall–Kier alpha value is -1.53. The molecule has 0 aromatic carbocycles. The van der Waals surface area contributed by atoms with Gasteiger partial charge < -0.3 is 19.9 Å². The molecule has 206 valence electrons. The molecule has 2 N–H and O–H groups in total. The smallest absolute Gasteiger partial charge is 0.273 e. The summed E-state index contributed by atoms with van der Waals surface area (Å²) in [4.78, 5) is 15.2. The minimum atomic E-state index is -3.34. The number of rotatable bonds is 9. The number of ether oxygens (including phenoxy) is 1. The third-order valence-corrected chi connectivity index (χ3v) is 11.6. The van der Waals surface area contributed by atoms with Crippen LogP contribution in [0.2, 0.25) is 0 Å². The summed E-state index contributed by atoms with van der Waals surface area (Å²) in [7, 11) is -3.34. The van der Waals surface area contributed by atoms with E-state index in [1.54, 1.807) is 6.07 Å². The Balaban J connectivity index is 0.979. The van der Waals surface area contributed by atoms with Crippen molar-refractivity contribution >= 4 is 15.9 Å². The lowest BCUT2D eigenvalue weighted by Gasteiger charge is -2.41. The predicted octanol–water partition coefficient (Wildman–Crippen LogP) is 1.84. The largest absolute Gasteiger partial charge is 0.379 e. The van der Waals surface area contributed by atoms with E-state index in [1.807, 2.05) is 4.31 Å². The van der Waals surface area contributed by atoms with Gasteiger partial charge in [0.25, 0.3) is 5.91 Å². The molecule has 0 unspecified atom stereocenters. The molecule has 10 nitrogen and oxygen atoms in total. The first-order valence-electron chi connectivity index (χ1n) is 14.3. The summed E-state index contributed by atoms with van der Waals surface area (Å²) in [6, 6.07) is 2.11. The molecule has 37 heavy (non-hydrogen) atoms. The van der Waals surface area contributed by atoms with Gasteiger partial charge in [-0.1, -0.05) is 5.16 Å². The average molecular weight is 536 g/mol. The molecule has 11 heteroatoms. The fraction of sp³-hybridized carbons (Fsp3) is 0.846. The maximum absolute atomic E-state index is 13.7. The summed E-state index contributed by atoms with van der Waals surface area (Å²) in [5.74, 6) is 1.00. The van der Waals surface area contributed by atoms with Crippen LogP contribution in [-0.2, 0) is 14.8 Å². The van der Waals surface area contributed by atoms with E-state index in [1.165, 1.54) is 0 Å². The molecule has 4 heterocycles. The van der Waals surface area contributed by atoms with Crippen molar-refractivity contribution in [2.45, 2.75) is 99.5 Å². The predicted molar refractivity (Wildman–Crippen MR) is 138 cm³/mol. The Labute approximate surface area is 219 Å². The number of carbonyl (C=O) groups excluding carboxylic acids is 1. The van der Waals surface area contributed by atoms with Crippen LogP contribution in [0, 0.1) is 0 Å². The first-order chi connectivity index (χ1) is 18.0. The summed E-state index contributed by atoms with van der Waals surface area (Å²) in [5.41, 5.74) is 0.333. The fourth-order valence-corrected chi connectivity index (χ4v) is 9.30. The van der Waals surface area contributed by atoms with Crippen LogP contribution >= 0.6 is 0 Å². The van der Waals surface area contributed by atoms with Gasteiger partial charge >= 0.3 is 0 Å². The minimum Gasteiger partial charge on any atom is -0.379 e. The third kappa shape index (κ3) is 5.75. The van der Waals surface area contributed by atoms with Gasteiger partial charge in [-0.25, -0.2) is 8.42 Å². The summed E-state index contributed by atoms with van der Waals surface area (Å²) in [6.07, 6.45) is 8.58. The molecule has 5 aliphatic rings. The Morgan fingerprint density at radius 2 is 1.68 bits per heavy atom. The summed E-state index contributed by atoms with van der Waals surface area (Å²) >= 11 is 0. The van der Waals surface area contributed by atoms with Gasteiger partial charge in [0, 0.05) is 62.3 Å². The Morgan fingerprint density at radius 1 is 0.973 bits per heavy atom. The molecule has 1 aromatic rings. The van der Waals surface area contributed by atoms with Crippen LogP contribution < -0.4 is 10.6 Å². The van der Waals surface area contributed by atoms with Crippen LogP contribution in [0.5, 0.6) is 0 Å². The van der Waals surface area contributed by atoms with Crippen molar-refractivity contribution in [2.75, 3.05) is 39.4 Å². The topological polar surface area (TPSA) is 117 Å². The minimum absolute atomic E-state index is 0.0160. The first kappa shape index (κ1) is 25.7. The van der Waals surface area contributed by atoms with Gasteiger partial charge in [-0.2, -0.15) is 4.31 Å². The number of nitrogens with one attached hydrogen (secondary N) is 2. The van der Waals surface area contributed by atoms with Crippen molar-refractivity contribution < 1.29 is 22.5 Å². The van der Waals surface area contributed by atoms with E-state index in [0.717, 1.165) is 96.5 Å². The van der Waals surface area contributed by atoms with E-state index in [4.69, 9.17) is 9.26 Å². The van der Waals surface area contributed by atoms with Gasteiger partial charge in [0.05, 0.1) is 18.5 Å². The number of carbonyl (C=O) groups is 1. The number of piperidine rings is 1. The van der Waals surface area contributed by atoms with Crippen LogP contribution in [-0.4, -0.2) is 97.5 Å². The number of nitrogens with zero attached hydrogens (tertiary/aromatic N) is 3. The van der Waals surface area contributed by atoms with Gasteiger partial charge in [-0.15, -0.1) is 0 Å². The SMILES string of the molecule is O=C(N[C@H]1C[C@H]2CC[C@@H](C1)N2S(=O)(=O)[C@H]1CC[C@H](NCCN2CCOCC2)CC1)c1cc(C2CC2)on1. The molecule has 2 aliphatic carbocycles. The molecule has 2 saturated carbocycles. The van der Waals surface area contributed by atoms with Crippen molar-refractivity contribution in [2.24, 2.45) is 0 Å². The number of amides is 1. The lowest BCUT2D eigenvalue weighted by atomic mass is 9.95. The number of fused-ring (bicyclic) bond motifs is 2. The quantitative estimate of drug-likeness (QED) is 0.492. The van der Waals surface area contributed by atoms with E-state index < -0.39 is 10.0 Å². The monoisotopic (exact) mass is 535 g/mol. The second kappa shape index (κ2) is 10.9. The fourth-order valence-electron chi connectivity index (χ4n) is 6.87. The van der Waals surface area contributed by atoms with Crippen molar-refractivity contribution in [3.63, 3.8) is 0 Å². The van der Waals surface area contributed by atoms with E-state index >= 15 is 0 Å². The van der Waals surface area contributed by atoms with Gasteiger partial charge in [-0.05, 0) is 64.2 Å². The molecular formula is C26H41N5O5S. The molecule has 1 aromatic heterocycles. The number of morpholine rings is 1. The zero-order valence-corrected chi connectivity index (χ0v) is 22.5. The summed E-state index contributed by atoms with van der Waals surface area (Å²) in [5, 5.41) is 10.4. The molecular weight excluding hydrogens is 494 g/mol. The van der Waals surface area contributed by atoms with E-state index in [9.17, 15) is 13.2 Å². The average Bonchev–Trinajstić information content (AvgIpc) is 3.56. The van der Waals surface area contributed by atoms with Crippen LogP contribution in [0.25, 0.3) is 0 Å². The van der Waals surface area contributed by atoms with Crippen molar-refractivity contribution in [1.82, 2.24) is 25.0 Å². The molecule has 6 rings (SSSR count). The van der Waals surface area contributed by atoms with Crippen LogP contribution in [0.4, 0.5) is 0 Å². The number of hydrogen-bond donors (Lipinski definition) is 2. The Kier molecular flexibility index (Phi) is 7.59. The normalized spacial score (nSPS) is 33.5. The zero-order valence-electron chi connectivity index (χ0n) is 21.6. The van der Waals surface area contributed by atoms with Crippen molar-refractivity contribution in [3.05, 3.63) is 17.5 Å². The zero-order chi connectivity index (χ0) is 25.4. The van der Waals surface area contributed by atoms with Crippen molar-refractivity contribution in [1.29, 1.82) is 0 Å². The Bertz CT molecular complexity index is 1030. The summed E-state index contributed by atoms with van der Waals surface area (Å²) < 4.78 is 40.0. The molecule has 3 saturated heterocycles. The maximum Gasteiger partial charge on any atom is 0.273 e. The van der Waals surface area contributed by atoms with Gasteiger partial charge in [0.15, 0.2) is 5.69 Å². The number of aromatic nitrogens is 1. The number of sulfonamides is 1. The van der Waals surface area contributed by atoms with Crippen molar-refractivity contribution in [3.8, 4) is 0 Å². The highest BCUT2D eigenvalue weighted by Gasteiger charge is 2.49. The van der Waals surface area contributed by atoms with Crippen LogP contribution in [0.1, 0.15) is 86.4 Å². The third-order valence-electron chi connectivity index (χ3n) is 9.10.